The lowest BCUT2D eigenvalue weighted by Gasteiger charge is -2.26. The number of carbonyl (C=O) groups excluding carboxylic acids is 1. The Morgan fingerprint density at radius 2 is 1.96 bits per heavy atom. The zero-order valence-electron chi connectivity index (χ0n) is 12.9. The number of benzene rings is 1. The largest absolute Gasteiger partial charge is 0.497 e. The van der Waals surface area contributed by atoms with E-state index in [2.05, 4.69) is 15.3 Å². The Labute approximate surface area is 134 Å². The van der Waals surface area contributed by atoms with E-state index in [0.717, 1.165) is 11.4 Å². The maximum absolute atomic E-state index is 12.4. The SMILES string of the molecule is COc1ccc(Nc2nccc(C(=O)N3CCOCC3)n2)cc1. The molecule has 1 aromatic heterocycles. The van der Waals surface area contributed by atoms with Crippen LogP contribution in [0, 0.1) is 0 Å². The molecule has 0 aliphatic carbocycles. The van der Waals surface area contributed by atoms with E-state index >= 15 is 0 Å². The lowest BCUT2D eigenvalue weighted by molar-refractivity contribution is 0.0299. The van der Waals surface area contributed by atoms with Crippen molar-refractivity contribution < 1.29 is 14.3 Å². The molecule has 1 aromatic carbocycles. The fraction of sp³-hybridized carbons (Fsp3) is 0.312. The van der Waals surface area contributed by atoms with E-state index in [9.17, 15) is 4.79 Å². The van der Waals surface area contributed by atoms with E-state index in [1.54, 1.807) is 24.3 Å². The summed E-state index contributed by atoms with van der Waals surface area (Å²) in [6, 6.07) is 9.02. The molecule has 23 heavy (non-hydrogen) atoms. The third kappa shape index (κ3) is 3.75. The summed E-state index contributed by atoms with van der Waals surface area (Å²) in [4.78, 5) is 22.6. The minimum Gasteiger partial charge on any atom is -0.497 e. The molecule has 3 rings (SSSR count). The molecule has 0 spiro atoms. The Kier molecular flexibility index (Phi) is 4.68. The molecule has 0 radical (unpaired) electrons. The molecule has 0 saturated carbocycles. The van der Waals surface area contributed by atoms with Crippen LogP contribution in [0.3, 0.4) is 0 Å². The molecular weight excluding hydrogens is 296 g/mol. The first-order valence-electron chi connectivity index (χ1n) is 7.37. The number of nitrogens with zero attached hydrogens (tertiary/aromatic N) is 3. The monoisotopic (exact) mass is 314 g/mol. The summed E-state index contributed by atoms with van der Waals surface area (Å²) in [7, 11) is 1.62. The van der Waals surface area contributed by atoms with E-state index in [4.69, 9.17) is 9.47 Å². The van der Waals surface area contributed by atoms with Crippen molar-refractivity contribution in [3.8, 4) is 5.75 Å². The molecule has 7 nitrogen and oxygen atoms in total. The number of hydrogen-bond donors (Lipinski definition) is 1. The molecule has 2 aromatic rings. The molecule has 120 valence electrons. The second kappa shape index (κ2) is 7.06. The number of rotatable bonds is 4. The minimum absolute atomic E-state index is 0.103. The number of ether oxygens (including phenoxy) is 2. The smallest absolute Gasteiger partial charge is 0.272 e. The Morgan fingerprint density at radius 3 is 2.65 bits per heavy atom. The summed E-state index contributed by atoms with van der Waals surface area (Å²) in [6.45, 7) is 2.30. The molecule has 1 fully saturated rings. The van der Waals surface area contributed by atoms with Gasteiger partial charge < -0.3 is 19.7 Å². The van der Waals surface area contributed by atoms with Crippen LogP contribution >= 0.6 is 0 Å². The van der Waals surface area contributed by atoms with E-state index < -0.39 is 0 Å². The lowest BCUT2D eigenvalue weighted by atomic mass is 10.3. The summed E-state index contributed by atoms with van der Waals surface area (Å²) in [5.74, 6) is 1.05. The fourth-order valence-electron chi connectivity index (χ4n) is 2.27. The zero-order chi connectivity index (χ0) is 16.1. The molecule has 1 N–H and O–H groups in total. The van der Waals surface area contributed by atoms with Gasteiger partial charge >= 0.3 is 0 Å². The highest BCUT2D eigenvalue weighted by Gasteiger charge is 2.20. The van der Waals surface area contributed by atoms with Gasteiger partial charge in [0.2, 0.25) is 5.95 Å². The van der Waals surface area contributed by atoms with Crippen molar-refractivity contribution in [2.45, 2.75) is 0 Å². The van der Waals surface area contributed by atoms with Crippen LogP contribution in [0.15, 0.2) is 36.5 Å². The number of carbonyl (C=O) groups is 1. The number of hydrogen-bond acceptors (Lipinski definition) is 6. The molecule has 1 amide bonds. The van der Waals surface area contributed by atoms with E-state index in [1.807, 2.05) is 24.3 Å². The van der Waals surface area contributed by atoms with E-state index in [-0.39, 0.29) is 5.91 Å². The Balaban J connectivity index is 1.72. The van der Waals surface area contributed by atoms with Crippen LogP contribution in [0.2, 0.25) is 0 Å². The van der Waals surface area contributed by atoms with Gasteiger partial charge in [0, 0.05) is 25.0 Å². The van der Waals surface area contributed by atoms with Crippen molar-refractivity contribution in [3.63, 3.8) is 0 Å². The molecule has 0 bridgehead atoms. The third-order valence-corrected chi connectivity index (χ3v) is 3.52. The van der Waals surface area contributed by atoms with Gasteiger partial charge in [-0.15, -0.1) is 0 Å². The predicted octanol–water partition coefficient (Wildman–Crippen LogP) is 1.70. The Hall–Kier alpha value is -2.67. The number of anilines is 2. The highest BCUT2D eigenvalue weighted by Crippen LogP contribution is 2.18. The topological polar surface area (TPSA) is 76.6 Å². The van der Waals surface area contributed by atoms with Crippen molar-refractivity contribution in [3.05, 3.63) is 42.2 Å². The Morgan fingerprint density at radius 1 is 1.22 bits per heavy atom. The molecule has 7 heteroatoms. The van der Waals surface area contributed by atoms with Crippen molar-refractivity contribution in [1.82, 2.24) is 14.9 Å². The van der Waals surface area contributed by atoms with Crippen LogP contribution in [0.1, 0.15) is 10.5 Å². The second-order valence-corrected chi connectivity index (χ2v) is 5.02. The van der Waals surface area contributed by atoms with Gasteiger partial charge in [-0.2, -0.15) is 0 Å². The molecular formula is C16H18N4O3. The van der Waals surface area contributed by atoms with Crippen LogP contribution in [0.25, 0.3) is 0 Å². The van der Waals surface area contributed by atoms with Crippen LogP contribution in [0.5, 0.6) is 5.75 Å². The quantitative estimate of drug-likeness (QED) is 0.925. The lowest BCUT2D eigenvalue weighted by Crippen LogP contribution is -2.41. The molecule has 1 aliphatic heterocycles. The van der Waals surface area contributed by atoms with Gasteiger partial charge in [0.15, 0.2) is 0 Å². The molecule has 0 unspecified atom stereocenters. The van der Waals surface area contributed by atoms with Gasteiger partial charge in [0.05, 0.1) is 20.3 Å². The summed E-state index contributed by atoms with van der Waals surface area (Å²) in [5.41, 5.74) is 1.19. The fourth-order valence-corrected chi connectivity index (χ4v) is 2.27. The van der Waals surface area contributed by atoms with Gasteiger partial charge in [0.25, 0.3) is 5.91 Å². The maximum atomic E-state index is 12.4. The van der Waals surface area contributed by atoms with E-state index in [1.165, 1.54) is 0 Å². The minimum atomic E-state index is -0.103. The second-order valence-electron chi connectivity index (χ2n) is 5.02. The first-order chi connectivity index (χ1) is 11.3. The standard InChI is InChI=1S/C16H18N4O3/c1-22-13-4-2-12(3-5-13)18-16-17-7-6-14(19-16)15(21)20-8-10-23-11-9-20/h2-7H,8-11H2,1H3,(H,17,18,19). The molecule has 2 heterocycles. The van der Waals surface area contributed by atoms with Crippen molar-refractivity contribution >= 4 is 17.5 Å². The Bertz CT molecular complexity index is 669. The third-order valence-electron chi connectivity index (χ3n) is 3.52. The number of morpholine rings is 1. The predicted molar refractivity (Wildman–Crippen MR) is 85.0 cm³/mol. The zero-order valence-corrected chi connectivity index (χ0v) is 12.9. The molecule has 0 atom stereocenters. The van der Waals surface area contributed by atoms with Gasteiger partial charge in [-0.05, 0) is 30.3 Å². The van der Waals surface area contributed by atoms with E-state index in [0.29, 0.717) is 37.9 Å². The van der Waals surface area contributed by atoms with Crippen LogP contribution < -0.4 is 10.1 Å². The highest BCUT2D eigenvalue weighted by molar-refractivity contribution is 5.92. The van der Waals surface area contributed by atoms with Gasteiger partial charge in [-0.3, -0.25) is 4.79 Å². The number of amides is 1. The van der Waals surface area contributed by atoms with Crippen molar-refractivity contribution in [1.29, 1.82) is 0 Å². The summed E-state index contributed by atoms with van der Waals surface area (Å²) in [5, 5.41) is 3.08. The van der Waals surface area contributed by atoms with Gasteiger partial charge in [-0.1, -0.05) is 0 Å². The summed E-state index contributed by atoms with van der Waals surface area (Å²) in [6.07, 6.45) is 1.58. The first kappa shape index (κ1) is 15.2. The summed E-state index contributed by atoms with van der Waals surface area (Å²) >= 11 is 0. The summed E-state index contributed by atoms with van der Waals surface area (Å²) < 4.78 is 10.4. The normalized spacial score (nSPS) is 14.4. The van der Waals surface area contributed by atoms with Crippen molar-refractivity contribution in [2.75, 3.05) is 38.7 Å². The first-order valence-corrected chi connectivity index (χ1v) is 7.37. The average Bonchev–Trinajstić information content (AvgIpc) is 2.63. The van der Waals surface area contributed by atoms with Gasteiger partial charge in [0.1, 0.15) is 11.4 Å². The maximum Gasteiger partial charge on any atom is 0.272 e. The van der Waals surface area contributed by atoms with Crippen molar-refractivity contribution in [2.24, 2.45) is 0 Å². The van der Waals surface area contributed by atoms with Gasteiger partial charge in [-0.25, -0.2) is 9.97 Å². The van der Waals surface area contributed by atoms with Crippen LogP contribution in [0.4, 0.5) is 11.6 Å². The highest BCUT2D eigenvalue weighted by atomic mass is 16.5. The number of methoxy groups -OCH3 is 1. The molecule has 1 saturated heterocycles. The average molecular weight is 314 g/mol. The van der Waals surface area contributed by atoms with Crippen LogP contribution in [-0.2, 0) is 4.74 Å². The number of aromatic nitrogens is 2. The number of nitrogens with one attached hydrogen (secondary N) is 1. The molecule has 1 aliphatic rings. The van der Waals surface area contributed by atoms with Crippen LogP contribution in [-0.4, -0.2) is 54.2 Å².